The molecule has 0 aliphatic rings. The molecule has 0 heterocycles. The fourth-order valence-electron chi connectivity index (χ4n) is 2.30. The molecule has 8 heteroatoms. The molecular formula is C17H15Cl2FN2O3. The van der Waals surface area contributed by atoms with Gasteiger partial charge < -0.3 is 5.32 Å². The predicted octanol–water partition coefficient (Wildman–Crippen LogP) is 4.33. The van der Waals surface area contributed by atoms with Crippen LogP contribution in [0.1, 0.15) is 17.5 Å². The molecule has 2 aromatic rings. The Bertz CT molecular complexity index is 782. The van der Waals surface area contributed by atoms with Crippen molar-refractivity contribution in [3.05, 3.63) is 73.5 Å². The number of halogens is 3. The molecule has 2 rings (SSSR count). The van der Waals surface area contributed by atoms with E-state index < -0.39 is 16.6 Å². The molecule has 0 atom stereocenters. The van der Waals surface area contributed by atoms with Gasteiger partial charge in [0.2, 0.25) is 5.91 Å². The van der Waals surface area contributed by atoms with Crippen molar-refractivity contribution in [2.24, 2.45) is 0 Å². The molecule has 0 aromatic heterocycles. The van der Waals surface area contributed by atoms with Gasteiger partial charge in [0.1, 0.15) is 5.82 Å². The van der Waals surface area contributed by atoms with Crippen molar-refractivity contribution < 1.29 is 14.1 Å². The standard InChI is InChI=1S/C17H15Cl2FN2O3/c18-13-5-3-11(4-6-13)2-1-7-21-17(23)9-12-8-15(20)14(19)10-16(12)22(24)25/h3-6,8,10H,1-2,7,9H2,(H,21,23). The van der Waals surface area contributed by atoms with Crippen LogP contribution in [0, 0.1) is 15.9 Å². The van der Waals surface area contributed by atoms with Crippen LogP contribution in [-0.2, 0) is 17.6 Å². The average molecular weight is 385 g/mol. The van der Waals surface area contributed by atoms with Crippen LogP contribution in [0.15, 0.2) is 36.4 Å². The zero-order chi connectivity index (χ0) is 18.4. The number of benzene rings is 2. The SMILES string of the molecule is O=C(Cc1cc(F)c(Cl)cc1[N+](=O)[O-])NCCCc1ccc(Cl)cc1. The van der Waals surface area contributed by atoms with E-state index in [1.54, 1.807) is 12.1 Å². The quantitative estimate of drug-likeness (QED) is 0.438. The van der Waals surface area contributed by atoms with Crippen LogP contribution in [0.2, 0.25) is 10.0 Å². The largest absolute Gasteiger partial charge is 0.356 e. The van der Waals surface area contributed by atoms with Crippen molar-refractivity contribution in [2.75, 3.05) is 6.54 Å². The van der Waals surface area contributed by atoms with E-state index in [2.05, 4.69) is 5.32 Å². The molecule has 0 bridgehead atoms. The van der Waals surface area contributed by atoms with Crippen LogP contribution in [0.4, 0.5) is 10.1 Å². The second-order valence-corrected chi connectivity index (χ2v) is 6.25. The van der Waals surface area contributed by atoms with E-state index >= 15 is 0 Å². The summed E-state index contributed by atoms with van der Waals surface area (Å²) in [6, 6.07) is 9.25. The molecule has 5 nitrogen and oxygen atoms in total. The molecule has 132 valence electrons. The van der Waals surface area contributed by atoms with E-state index in [4.69, 9.17) is 23.2 Å². The van der Waals surface area contributed by atoms with Crippen LogP contribution >= 0.6 is 23.2 Å². The highest BCUT2D eigenvalue weighted by Gasteiger charge is 2.19. The number of rotatable bonds is 7. The van der Waals surface area contributed by atoms with E-state index in [0.717, 1.165) is 24.1 Å². The zero-order valence-corrected chi connectivity index (χ0v) is 14.6. The van der Waals surface area contributed by atoms with Gasteiger partial charge in [0.15, 0.2) is 0 Å². The Morgan fingerprint density at radius 1 is 1.20 bits per heavy atom. The topological polar surface area (TPSA) is 72.2 Å². The van der Waals surface area contributed by atoms with Gasteiger partial charge in [-0.2, -0.15) is 0 Å². The summed E-state index contributed by atoms with van der Waals surface area (Å²) in [7, 11) is 0. The lowest BCUT2D eigenvalue weighted by Gasteiger charge is -2.07. The number of carbonyl (C=O) groups excluding carboxylic acids is 1. The van der Waals surface area contributed by atoms with Gasteiger partial charge in [-0.15, -0.1) is 0 Å². The summed E-state index contributed by atoms with van der Waals surface area (Å²) in [5.41, 5.74) is 0.707. The lowest BCUT2D eigenvalue weighted by molar-refractivity contribution is -0.385. The maximum Gasteiger partial charge on any atom is 0.274 e. The Kier molecular flexibility index (Phi) is 6.73. The molecule has 0 saturated carbocycles. The number of hydrogen-bond acceptors (Lipinski definition) is 3. The molecule has 0 unspecified atom stereocenters. The summed E-state index contributed by atoms with van der Waals surface area (Å²) >= 11 is 11.4. The first kappa shape index (κ1) is 19.1. The smallest absolute Gasteiger partial charge is 0.274 e. The van der Waals surface area contributed by atoms with Crippen molar-refractivity contribution in [1.82, 2.24) is 5.32 Å². The summed E-state index contributed by atoms with van der Waals surface area (Å²) in [5.74, 6) is -1.21. The minimum atomic E-state index is -0.794. The van der Waals surface area contributed by atoms with Gasteiger partial charge in [-0.05, 0) is 36.6 Å². The monoisotopic (exact) mass is 384 g/mol. The average Bonchev–Trinajstić information content (AvgIpc) is 2.56. The van der Waals surface area contributed by atoms with Crippen molar-refractivity contribution >= 4 is 34.8 Å². The second kappa shape index (κ2) is 8.78. The maximum absolute atomic E-state index is 13.5. The zero-order valence-electron chi connectivity index (χ0n) is 13.1. The van der Waals surface area contributed by atoms with E-state index in [1.165, 1.54) is 0 Å². The molecule has 0 aliphatic carbocycles. The van der Waals surface area contributed by atoms with E-state index in [0.29, 0.717) is 18.0 Å². The lowest BCUT2D eigenvalue weighted by atomic mass is 10.1. The minimum absolute atomic E-state index is 0.0119. The number of aryl methyl sites for hydroxylation is 1. The van der Waals surface area contributed by atoms with Crippen molar-refractivity contribution in [2.45, 2.75) is 19.3 Å². The van der Waals surface area contributed by atoms with Crippen molar-refractivity contribution in [1.29, 1.82) is 0 Å². The molecule has 1 N–H and O–H groups in total. The number of amides is 1. The first-order chi connectivity index (χ1) is 11.9. The third-order valence-corrected chi connectivity index (χ3v) is 4.09. The van der Waals surface area contributed by atoms with E-state index in [9.17, 15) is 19.3 Å². The van der Waals surface area contributed by atoms with Gasteiger partial charge in [0.25, 0.3) is 5.69 Å². The summed E-state index contributed by atoms with van der Waals surface area (Å²) in [6.45, 7) is 0.408. The predicted molar refractivity (Wildman–Crippen MR) is 94.6 cm³/mol. The molecule has 0 fully saturated rings. The Morgan fingerprint density at radius 3 is 2.52 bits per heavy atom. The first-order valence-electron chi connectivity index (χ1n) is 7.50. The Balaban J connectivity index is 1.87. The van der Waals surface area contributed by atoms with Gasteiger partial charge in [0.05, 0.1) is 16.4 Å². The number of nitro groups is 1. The van der Waals surface area contributed by atoms with Crippen molar-refractivity contribution in [3.8, 4) is 0 Å². The number of nitro benzene ring substituents is 1. The number of carbonyl (C=O) groups is 1. The van der Waals surface area contributed by atoms with Crippen LogP contribution in [0.3, 0.4) is 0 Å². The summed E-state index contributed by atoms with van der Waals surface area (Å²) in [5, 5.41) is 14.0. The molecule has 0 spiro atoms. The Morgan fingerprint density at radius 2 is 1.88 bits per heavy atom. The van der Waals surface area contributed by atoms with Gasteiger partial charge in [-0.25, -0.2) is 4.39 Å². The molecule has 0 aliphatic heterocycles. The highest BCUT2D eigenvalue weighted by atomic mass is 35.5. The minimum Gasteiger partial charge on any atom is -0.356 e. The normalized spacial score (nSPS) is 10.5. The number of hydrogen-bond donors (Lipinski definition) is 1. The highest BCUT2D eigenvalue weighted by Crippen LogP contribution is 2.26. The van der Waals surface area contributed by atoms with Crippen LogP contribution in [-0.4, -0.2) is 17.4 Å². The first-order valence-corrected chi connectivity index (χ1v) is 8.26. The van der Waals surface area contributed by atoms with Crippen molar-refractivity contribution in [3.63, 3.8) is 0 Å². The fraction of sp³-hybridized carbons (Fsp3) is 0.235. The van der Waals surface area contributed by atoms with E-state index in [-0.39, 0.29) is 22.7 Å². The summed E-state index contributed by atoms with van der Waals surface area (Å²) < 4.78 is 13.5. The summed E-state index contributed by atoms with van der Waals surface area (Å²) in [6.07, 6.45) is 1.17. The Hall–Kier alpha value is -2.18. The molecular weight excluding hydrogens is 370 g/mol. The molecule has 1 amide bonds. The fourth-order valence-corrected chi connectivity index (χ4v) is 2.58. The third kappa shape index (κ3) is 5.69. The maximum atomic E-state index is 13.5. The third-order valence-electron chi connectivity index (χ3n) is 3.55. The highest BCUT2D eigenvalue weighted by molar-refractivity contribution is 6.31. The van der Waals surface area contributed by atoms with Gasteiger partial charge in [0, 0.05) is 23.2 Å². The lowest BCUT2D eigenvalue weighted by Crippen LogP contribution is -2.26. The van der Waals surface area contributed by atoms with Crippen LogP contribution < -0.4 is 5.32 Å². The molecule has 2 aromatic carbocycles. The molecule has 0 saturated heterocycles. The molecule has 25 heavy (non-hydrogen) atoms. The van der Waals surface area contributed by atoms with Gasteiger partial charge in [-0.1, -0.05) is 35.3 Å². The van der Waals surface area contributed by atoms with Crippen LogP contribution in [0.5, 0.6) is 0 Å². The van der Waals surface area contributed by atoms with Crippen LogP contribution in [0.25, 0.3) is 0 Å². The number of nitrogens with one attached hydrogen (secondary N) is 1. The van der Waals surface area contributed by atoms with Gasteiger partial charge >= 0.3 is 0 Å². The second-order valence-electron chi connectivity index (χ2n) is 5.41. The number of nitrogens with zero attached hydrogens (tertiary/aromatic N) is 1. The van der Waals surface area contributed by atoms with E-state index in [1.807, 2.05) is 12.1 Å². The molecule has 0 radical (unpaired) electrons. The Labute approximate surface area is 153 Å². The van der Waals surface area contributed by atoms with Gasteiger partial charge in [-0.3, -0.25) is 14.9 Å². The summed E-state index contributed by atoms with van der Waals surface area (Å²) in [4.78, 5) is 22.2.